The molecule has 0 aliphatic carbocycles. The van der Waals surface area contributed by atoms with Crippen molar-refractivity contribution in [2.45, 2.75) is 26.0 Å². The van der Waals surface area contributed by atoms with Gasteiger partial charge in [-0.15, -0.1) is 0 Å². The van der Waals surface area contributed by atoms with Crippen molar-refractivity contribution in [3.8, 4) is 5.75 Å². The highest BCUT2D eigenvalue weighted by atomic mass is 16.5. The third-order valence-corrected chi connectivity index (χ3v) is 4.78. The van der Waals surface area contributed by atoms with Crippen LogP contribution in [0.5, 0.6) is 5.75 Å². The summed E-state index contributed by atoms with van der Waals surface area (Å²) in [6.07, 6.45) is 4.66. The van der Waals surface area contributed by atoms with Gasteiger partial charge in [-0.25, -0.2) is 0 Å². The van der Waals surface area contributed by atoms with Gasteiger partial charge in [0.25, 0.3) is 0 Å². The zero-order valence-corrected chi connectivity index (χ0v) is 12.8. The first-order chi connectivity index (χ1) is 10.3. The Morgan fingerprint density at radius 1 is 1.24 bits per heavy atom. The smallest absolute Gasteiger partial charge is 0.234 e. The predicted octanol–water partition coefficient (Wildman–Crippen LogP) is 4.36. The topological polar surface area (TPSA) is 9.23 Å². The molecular formula is C19H24NO+. The van der Waals surface area contributed by atoms with Crippen molar-refractivity contribution in [2.75, 3.05) is 19.6 Å². The lowest BCUT2D eigenvalue weighted by atomic mass is 10.1. The number of hydrogen-bond acceptors (Lipinski definition) is 1. The molecule has 110 valence electrons. The molecule has 0 bridgehead atoms. The van der Waals surface area contributed by atoms with Crippen molar-refractivity contribution in [1.29, 1.82) is 0 Å². The fraction of sp³-hybridized carbons (Fsp3) is 0.368. The number of rotatable bonds is 5. The lowest BCUT2D eigenvalue weighted by Crippen LogP contribution is -2.53. The van der Waals surface area contributed by atoms with E-state index in [1.165, 1.54) is 23.7 Å². The molecule has 1 aliphatic heterocycles. The summed E-state index contributed by atoms with van der Waals surface area (Å²) in [5, 5.41) is 2.50. The van der Waals surface area contributed by atoms with Gasteiger partial charge in [0.1, 0.15) is 5.75 Å². The Hall–Kier alpha value is -1.80. The highest BCUT2D eigenvalue weighted by molar-refractivity contribution is 5.83. The number of quaternary nitrogens is 1. The van der Waals surface area contributed by atoms with E-state index in [0.29, 0.717) is 0 Å². The van der Waals surface area contributed by atoms with E-state index < -0.39 is 0 Å². The Bertz CT molecular complexity index is 636. The van der Waals surface area contributed by atoms with Gasteiger partial charge >= 0.3 is 0 Å². The number of likely N-dealkylation sites (N-methyl/N-ethyl adjacent to an activating group) is 1. The van der Waals surface area contributed by atoms with Gasteiger partial charge in [-0.3, -0.25) is 4.48 Å². The second-order valence-electron chi connectivity index (χ2n) is 5.95. The maximum absolute atomic E-state index is 6.37. The molecule has 3 rings (SSSR count). The van der Waals surface area contributed by atoms with Crippen molar-refractivity contribution in [1.82, 2.24) is 0 Å². The molecule has 21 heavy (non-hydrogen) atoms. The Labute approximate surface area is 127 Å². The van der Waals surface area contributed by atoms with Gasteiger partial charge in [0.05, 0.1) is 19.6 Å². The van der Waals surface area contributed by atoms with E-state index in [-0.39, 0.29) is 6.23 Å². The van der Waals surface area contributed by atoms with Gasteiger partial charge in [0.15, 0.2) is 0 Å². The standard InChI is InChI=1S/C19H24NO/c1-3-13-20(4-2)14-7-10-19(20)21-18-12-11-16-8-5-6-9-17(16)15-18/h3,5-6,8-9,11-12,15,19H,1,4,7,10,13-14H2,2H3/q+1. The summed E-state index contributed by atoms with van der Waals surface area (Å²) in [7, 11) is 0. The fourth-order valence-electron chi connectivity index (χ4n) is 3.52. The molecule has 2 heteroatoms. The average Bonchev–Trinajstić information content (AvgIpc) is 2.91. The van der Waals surface area contributed by atoms with Crippen LogP contribution in [0.1, 0.15) is 19.8 Å². The third kappa shape index (κ3) is 2.68. The van der Waals surface area contributed by atoms with Gasteiger partial charge in [-0.2, -0.15) is 0 Å². The number of benzene rings is 2. The van der Waals surface area contributed by atoms with Crippen molar-refractivity contribution < 1.29 is 9.22 Å². The molecule has 0 saturated carbocycles. The molecule has 0 radical (unpaired) electrons. The summed E-state index contributed by atoms with van der Waals surface area (Å²) < 4.78 is 7.38. The number of likely N-dealkylation sites (tertiary alicyclic amines) is 1. The minimum absolute atomic E-state index is 0.258. The quantitative estimate of drug-likeness (QED) is 0.585. The van der Waals surface area contributed by atoms with Crippen LogP contribution in [0.25, 0.3) is 10.8 Å². The second-order valence-corrected chi connectivity index (χ2v) is 5.95. The van der Waals surface area contributed by atoms with Gasteiger partial charge in [-0.1, -0.05) is 36.9 Å². The van der Waals surface area contributed by atoms with Crippen molar-refractivity contribution in [3.63, 3.8) is 0 Å². The molecule has 1 aliphatic rings. The molecule has 2 aromatic rings. The maximum Gasteiger partial charge on any atom is 0.234 e. The van der Waals surface area contributed by atoms with Crippen LogP contribution in [0.3, 0.4) is 0 Å². The molecule has 1 saturated heterocycles. The molecule has 2 unspecified atom stereocenters. The second kappa shape index (κ2) is 5.90. The molecular weight excluding hydrogens is 258 g/mol. The van der Waals surface area contributed by atoms with Crippen molar-refractivity contribution >= 4 is 10.8 Å². The summed E-state index contributed by atoms with van der Waals surface area (Å²) in [6.45, 7) is 9.48. The van der Waals surface area contributed by atoms with Crippen LogP contribution >= 0.6 is 0 Å². The number of ether oxygens (including phenoxy) is 1. The predicted molar refractivity (Wildman–Crippen MR) is 88.3 cm³/mol. The number of nitrogens with zero attached hydrogens (tertiary/aromatic N) is 1. The minimum Gasteiger partial charge on any atom is -0.443 e. The highest BCUT2D eigenvalue weighted by Gasteiger charge is 2.41. The van der Waals surface area contributed by atoms with E-state index in [2.05, 4.69) is 56.0 Å². The Balaban J connectivity index is 1.85. The van der Waals surface area contributed by atoms with Gasteiger partial charge in [0, 0.05) is 12.8 Å². The molecule has 1 fully saturated rings. The molecule has 0 spiro atoms. The van der Waals surface area contributed by atoms with Crippen LogP contribution in [-0.2, 0) is 0 Å². The van der Waals surface area contributed by atoms with E-state index in [4.69, 9.17) is 4.74 Å². The Kier molecular flexibility index (Phi) is 3.98. The average molecular weight is 282 g/mol. The molecule has 2 aromatic carbocycles. The molecule has 0 amide bonds. The minimum atomic E-state index is 0.258. The molecule has 0 aromatic heterocycles. The van der Waals surface area contributed by atoms with Crippen molar-refractivity contribution in [2.24, 2.45) is 0 Å². The monoisotopic (exact) mass is 282 g/mol. The largest absolute Gasteiger partial charge is 0.443 e. The van der Waals surface area contributed by atoms with Gasteiger partial charge < -0.3 is 4.74 Å². The van der Waals surface area contributed by atoms with Gasteiger partial charge in [-0.05, 0) is 35.9 Å². The normalized spacial score (nSPS) is 25.1. The Morgan fingerprint density at radius 2 is 2.05 bits per heavy atom. The van der Waals surface area contributed by atoms with E-state index in [1.807, 2.05) is 6.08 Å². The first kappa shape index (κ1) is 14.2. The fourth-order valence-corrected chi connectivity index (χ4v) is 3.52. The Morgan fingerprint density at radius 3 is 2.81 bits per heavy atom. The summed E-state index contributed by atoms with van der Waals surface area (Å²) in [5.41, 5.74) is 0. The summed E-state index contributed by atoms with van der Waals surface area (Å²) >= 11 is 0. The first-order valence-corrected chi connectivity index (χ1v) is 7.89. The first-order valence-electron chi connectivity index (χ1n) is 7.89. The number of fused-ring (bicyclic) bond motifs is 1. The van der Waals surface area contributed by atoms with Crippen LogP contribution in [0.4, 0.5) is 0 Å². The highest BCUT2D eigenvalue weighted by Crippen LogP contribution is 2.30. The lowest BCUT2D eigenvalue weighted by Gasteiger charge is -2.37. The van der Waals surface area contributed by atoms with E-state index in [1.54, 1.807) is 0 Å². The molecule has 1 heterocycles. The van der Waals surface area contributed by atoms with Crippen LogP contribution in [0, 0.1) is 0 Å². The maximum atomic E-state index is 6.37. The molecule has 2 nitrogen and oxygen atoms in total. The van der Waals surface area contributed by atoms with E-state index >= 15 is 0 Å². The molecule has 0 N–H and O–H groups in total. The molecule has 2 atom stereocenters. The van der Waals surface area contributed by atoms with Gasteiger partial charge in [0.2, 0.25) is 6.23 Å². The van der Waals surface area contributed by atoms with Crippen LogP contribution < -0.4 is 4.74 Å². The van der Waals surface area contributed by atoms with E-state index in [0.717, 1.165) is 29.7 Å². The van der Waals surface area contributed by atoms with Crippen LogP contribution in [0.2, 0.25) is 0 Å². The summed E-state index contributed by atoms with van der Waals surface area (Å²) in [6, 6.07) is 14.8. The summed E-state index contributed by atoms with van der Waals surface area (Å²) in [5.74, 6) is 0.987. The lowest BCUT2D eigenvalue weighted by molar-refractivity contribution is -0.949. The van der Waals surface area contributed by atoms with Crippen molar-refractivity contribution in [3.05, 3.63) is 55.1 Å². The third-order valence-electron chi connectivity index (χ3n) is 4.78. The SMILES string of the molecule is C=CC[N+]1(CC)CCCC1Oc1ccc2ccccc2c1. The van der Waals surface area contributed by atoms with Crippen LogP contribution in [-0.4, -0.2) is 30.3 Å². The zero-order chi connectivity index (χ0) is 14.7. The number of hydrogen-bond donors (Lipinski definition) is 0. The van der Waals surface area contributed by atoms with E-state index in [9.17, 15) is 0 Å². The van der Waals surface area contributed by atoms with Crippen LogP contribution in [0.15, 0.2) is 55.1 Å². The zero-order valence-electron chi connectivity index (χ0n) is 12.8. The summed E-state index contributed by atoms with van der Waals surface area (Å²) in [4.78, 5) is 0.